The molecule has 0 radical (unpaired) electrons. The molecule has 3 rings (SSSR count). The van der Waals surface area contributed by atoms with Gasteiger partial charge in [0.2, 0.25) is 11.8 Å². The molecule has 28 heavy (non-hydrogen) atoms. The van der Waals surface area contributed by atoms with E-state index in [0.717, 1.165) is 25.7 Å². The number of halogens is 1. The molecule has 0 saturated heterocycles. The van der Waals surface area contributed by atoms with Crippen LogP contribution in [-0.2, 0) is 20.9 Å². The second-order valence-corrected chi connectivity index (χ2v) is 8.01. The van der Waals surface area contributed by atoms with Crippen molar-refractivity contribution in [1.29, 1.82) is 0 Å². The van der Waals surface area contributed by atoms with Gasteiger partial charge in [-0.3, -0.25) is 4.79 Å². The number of carbonyl (C=O) groups excluding carboxylic acids is 1. The van der Waals surface area contributed by atoms with Gasteiger partial charge in [0.05, 0.1) is 32.0 Å². The van der Waals surface area contributed by atoms with Crippen LogP contribution in [0.4, 0.5) is 4.39 Å². The highest BCUT2D eigenvalue weighted by Gasteiger charge is 2.24. The van der Waals surface area contributed by atoms with Gasteiger partial charge in [0.1, 0.15) is 5.82 Å². The minimum atomic E-state index is -0.329. The summed E-state index contributed by atoms with van der Waals surface area (Å²) in [6, 6.07) is 1.36. The summed E-state index contributed by atoms with van der Waals surface area (Å²) in [5.41, 5.74) is 0.460. The van der Waals surface area contributed by atoms with Crippen LogP contribution in [0.5, 0.6) is 5.88 Å². The molecular weight excluding hydrogens is 363 g/mol. The molecule has 0 unspecified atom stereocenters. The number of amides is 1. The van der Waals surface area contributed by atoms with Gasteiger partial charge in [0.15, 0.2) is 0 Å². The van der Waals surface area contributed by atoms with E-state index in [1.807, 2.05) is 6.92 Å². The summed E-state index contributed by atoms with van der Waals surface area (Å²) in [5, 5.41) is 2.82. The fourth-order valence-corrected chi connectivity index (χ4v) is 3.36. The van der Waals surface area contributed by atoms with E-state index >= 15 is 0 Å². The smallest absolute Gasteiger partial charge is 0.217 e. The van der Waals surface area contributed by atoms with Gasteiger partial charge in [-0.1, -0.05) is 0 Å². The first-order chi connectivity index (χ1) is 13.5. The Morgan fingerprint density at radius 2 is 1.89 bits per heavy atom. The summed E-state index contributed by atoms with van der Waals surface area (Å²) in [6.45, 7) is 4.80. The largest absolute Gasteiger partial charge is 0.477 e. The molecule has 1 heterocycles. The van der Waals surface area contributed by atoms with E-state index in [1.54, 1.807) is 0 Å². The van der Waals surface area contributed by atoms with Crippen LogP contribution in [0.15, 0.2) is 12.3 Å². The van der Waals surface area contributed by atoms with Crippen molar-refractivity contribution in [2.45, 2.75) is 77.2 Å². The first-order valence-corrected chi connectivity index (χ1v) is 10.3. The lowest BCUT2D eigenvalue weighted by Gasteiger charge is -2.29. The number of nitrogens with zero attached hydrogens (tertiary/aromatic N) is 1. The molecule has 0 aliphatic heterocycles. The molecule has 2 aliphatic rings. The Bertz CT molecular complexity index is 645. The lowest BCUT2D eigenvalue weighted by atomic mass is 9.95. The quantitative estimate of drug-likeness (QED) is 0.659. The first kappa shape index (κ1) is 21.0. The second kappa shape index (κ2) is 10.2. The maximum Gasteiger partial charge on any atom is 0.217 e. The molecule has 2 fully saturated rings. The topological polar surface area (TPSA) is 69.7 Å². The number of pyridine rings is 1. The summed E-state index contributed by atoms with van der Waals surface area (Å²) >= 11 is 0. The fraction of sp³-hybridized carbons (Fsp3) is 0.714. The predicted octanol–water partition coefficient (Wildman–Crippen LogP) is 3.38. The van der Waals surface area contributed by atoms with Crippen molar-refractivity contribution >= 4 is 5.91 Å². The maximum absolute atomic E-state index is 14.2. The van der Waals surface area contributed by atoms with E-state index in [4.69, 9.17) is 14.2 Å². The molecule has 7 heteroatoms. The van der Waals surface area contributed by atoms with Gasteiger partial charge >= 0.3 is 0 Å². The zero-order valence-corrected chi connectivity index (χ0v) is 16.8. The molecule has 0 aromatic carbocycles. The van der Waals surface area contributed by atoms with Gasteiger partial charge in [-0.2, -0.15) is 0 Å². The van der Waals surface area contributed by atoms with Gasteiger partial charge in [0.25, 0.3) is 0 Å². The number of rotatable bonds is 10. The van der Waals surface area contributed by atoms with Crippen molar-refractivity contribution in [3.05, 3.63) is 23.6 Å². The van der Waals surface area contributed by atoms with Gasteiger partial charge in [-0.05, 0) is 51.4 Å². The van der Waals surface area contributed by atoms with Crippen LogP contribution in [-0.4, -0.2) is 42.4 Å². The average Bonchev–Trinajstić information content (AvgIpc) is 3.49. The van der Waals surface area contributed by atoms with E-state index in [9.17, 15) is 9.18 Å². The molecule has 0 spiro atoms. The summed E-state index contributed by atoms with van der Waals surface area (Å²) in [5.74, 6) is 0.585. The molecule has 6 nitrogen and oxygen atoms in total. The third kappa shape index (κ3) is 7.02. The van der Waals surface area contributed by atoms with Gasteiger partial charge < -0.3 is 19.5 Å². The summed E-state index contributed by atoms with van der Waals surface area (Å²) in [4.78, 5) is 15.2. The zero-order chi connectivity index (χ0) is 19.9. The Labute approximate surface area is 166 Å². The molecule has 2 saturated carbocycles. The predicted molar refractivity (Wildman–Crippen MR) is 102 cm³/mol. The van der Waals surface area contributed by atoms with Crippen molar-refractivity contribution in [1.82, 2.24) is 10.3 Å². The van der Waals surface area contributed by atoms with E-state index in [-0.39, 0.29) is 36.6 Å². The van der Waals surface area contributed by atoms with Crippen molar-refractivity contribution < 1.29 is 23.4 Å². The minimum absolute atomic E-state index is 0.0122. The van der Waals surface area contributed by atoms with Crippen LogP contribution in [0.2, 0.25) is 0 Å². The standard InChI is InChI=1S/C21H31FN2O4/c1-14(24-15(2)25)11-26-18-5-7-19(8-6-18)27-13-17-10-23-21(9-20(17)22)28-12-16-3-4-16/h9-10,14,16,18-19H,3-8,11-13H2,1-2H3,(H,24,25)/t14-,18-,19-/m0/s1. The monoisotopic (exact) mass is 394 g/mol. The van der Waals surface area contributed by atoms with Gasteiger partial charge in [-0.15, -0.1) is 0 Å². The Balaban J connectivity index is 1.34. The van der Waals surface area contributed by atoms with Crippen LogP contribution in [0.3, 0.4) is 0 Å². The number of carbonyl (C=O) groups is 1. The molecule has 0 bridgehead atoms. The molecule has 1 aromatic rings. The molecule has 1 N–H and O–H groups in total. The molecule has 1 amide bonds. The van der Waals surface area contributed by atoms with E-state index in [2.05, 4.69) is 10.3 Å². The van der Waals surface area contributed by atoms with E-state index < -0.39 is 0 Å². The van der Waals surface area contributed by atoms with Crippen molar-refractivity contribution in [2.75, 3.05) is 13.2 Å². The third-order valence-electron chi connectivity index (χ3n) is 5.20. The van der Waals surface area contributed by atoms with Crippen molar-refractivity contribution in [3.63, 3.8) is 0 Å². The molecular formula is C21H31FN2O4. The Kier molecular flexibility index (Phi) is 7.62. The van der Waals surface area contributed by atoms with E-state index in [1.165, 1.54) is 32.0 Å². The molecule has 156 valence electrons. The Morgan fingerprint density at radius 3 is 2.50 bits per heavy atom. The highest BCUT2D eigenvalue weighted by molar-refractivity contribution is 5.73. The summed E-state index contributed by atoms with van der Waals surface area (Å²) in [6.07, 6.45) is 7.78. The number of hydrogen-bond donors (Lipinski definition) is 1. The summed E-state index contributed by atoms with van der Waals surface area (Å²) in [7, 11) is 0. The number of aromatic nitrogens is 1. The van der Waals surface area contributed by atoms with Crippen LogP contribution in [0.25, 0.3) is 0 Å². The Morgan fingerprint density at radius 1 is 1.21 bits per heavy atom. The minimum Gasteiger partial charge on any atom is -0.477 e. The molecule has 1 atom stereocenters. The maximum atomic E-state index is 14.2. The van der Waals surface area contributed by atoms with Gasteiger partial charge in [0, 0.05) is 30.8 Å². The number of nitrogens with one attached hydrogen (secondary N) is 1. The lowest BCUT2D eigenvalue weighted by molar-refractivity contribution is -0.120. The van der Waals surface area contributed by atoms with Crippen LogP contribution in [0, 0.1) is 11.7 Å². The second-order valence-electron chi connectivity index (χ2n) is 8.01. The average molecular weight is 394 g/mol. The highest BCUT2D eigenvalue weighted by atomic mass is 19.1. The van der Waals surface area contributed by atoms with Crippen molar-refractivity contribution in [2.24, 2.45) is 5.92 Å². The molecule has 1 aromatic heterocycles. The van der Waals surface area contributed by atoms with Crippen LogP contribution >= 0.6 is 0 Å². The third-order valence-corrected chi connectivity index (χ3v) is 5.20. The number of ether oxygens (including phenoxy) is 3. The summed E-state index contributed by atoms with van der Waals surface area (Å²) < 4.78 is 31.5. The Hall–Kier alpha value is -1.73. The molecule has 2 aliphatic carbocycles. The normalized spacial score (nSPS) is 23.2. The van der Waals surface area contributed by atoms with Crippen LogP contribution in [0.1, 0.15) is 57.9 Å². The SMILES string of the molecule is CC(=O)N[C@@H](C)CO[C@H]1CC[C@H](OCc2cnc(OCC3CC3)cc2F)CC1. The highest BCUT2D eigenvalue weighted by Crippen LogP contribution is 2.29. The van der Waals surface area contributed by atoms with Crippen molar-refractivity contribution in [3.8, 4) is 5.88 Å². The zero-order valence-electron chi connectivity index (χ0n) is 16.8. The lowest BCUT2D eigenvalue weighted by Crippen LogP contribution is -2.36. The number of hydrogen-bond acceptors (Lipinski definition) is 5. The van der Waals surface area contributed by atoms with E-state index in [0.29, 0.717) is 30.6 Å². The first-order valence-electron chi connectivity index (χ1n) is 10.3. The van der Waals surface area contributed by atoms with Gasteiger partial charge in [-0.25, -0.2) is 9.37 Å². The fourth-order valence-electron chi connectivity index (χ4n) is 3.36. The van der Waals surface area contributed by atoms with Crippen LogP contribution < -0.4 is 10.1 Å².